The van der Waals surface area contributed by atoms with Crippen LogP contribution >= 0.6 is 12.2 Å². The summed E-state index contributed by atoms with van der Waals surface area (Å²) in [7, 11) is 0. The van der Waals surface area contributed by atoms with Gasteiger partial charge in [-0.3, -0.25) is 4.90 Å². The highest BCUT2D eigenvalue weighted by Gasteiger charge is 2.19. The van der Waals surface area contributed by atoms with E-state index in [2.05, 4.69) is 33.3 Å². The van der Waals surface area contributed by atoms with Crippen molar-refractivity contribution < 1.29 is 4.74 Å². The van der Waals surface area contributed by atoms with Crippen LogP contribution in [0.15, 0.2) is 23.8 Å². The third-order valence-corrected chi connectivity index (χ3v) is 6.44. The molecule has 1 unspecified atom stereocenters. The highest BCUT2D eigenvalue weighted by atomic mass is 32.1. The van der Waals surface area contributed by atoms with Crippen molar-refractivity contribution in [2.75, 3.05) is 52.5 Å². The Kier molecular flexibility index (Phi) is 9.12. The van der Waals surface area contributed by atoms with Gasteiger partial charge in [0.2, 0.25) is 0 Å². The van der Waals surface area contributed by atoms with Crippen molar-refractivity contribution in [2.45, 2.75) is 51.4 Å². The number of thiocarbonyl (C=S) groups is 1. The topological polar surface area (TPSA) is 27.7 Å². The summed E-state index contributed by atoms with van der Waals surface area (Å²) in [5.74, 6) is 0.737. The summed E-state index contributed by atoms with van der Waals surface area (Å²) in [5.41, 5.74) is 1.62. The van der Waals surface area contributed by atoms with E-state index in [0.29, 0.717) is 0 Å². The lowest BCUT2D eigenvalue weighted by Crippen LogP contribution is -2.47. The lowest BCUT2D eigenvalue weighted by atomic mass is 9.94. The average Bonchev–Trinajstić information content (AvgIpc) is 2.73. The number of allylic oxidation sites excluding steroid dienone is 3. The summed E-state index contributed by atoms with van der Waals surface area (Å²) < 4.78 is 5.48. The molecule has 0 aromatic carbocycles. The molecule has 1 atom stereocenters. The molecule has 1 heterocycles. The summed E-state index contributed by atoms with van der Waals surface area (Å²) in [6.45, 7) is 8.00. The van der Waals surface area contributed by atoms with E-state index in [4.69, 9.17) is 17.0 Å². The number of rotatable bonds is 8. The van der Waals surface area contributed by atoms with Crippen LogP contribution in [0.2, 0.25) is 0 Å². The number of nitrogens with one attached hydrogen (secondary N) is 1. The SMILES string of the molecule is S=C(NCCC1=CCCCC1)N(CCN1CCOCC1)CC1CC=CCC1. The Balaban J connectivity index is 1.46. The number of nitrogens with zero attached hydrogens (tertiary/aromatic N) is 2. The third kappa shape index (κ3) is 7.55. The summed E-state index contributed by atoms with van der Waals surface area (Å²) in [6, 6.07) is 0. The van der Waals surface area contributed by atoms with Gasteiger partial charge in [-0.1, -0.05) is 23.8 Å². The fourth-order valence-corrected chi connectivity index (χ4v) is 4.54. The van der Waals surface area contributed by atoms with E-state index < -0.39 is 0 Å². The van der Waals surface area contributed by atoms with Crippen molar-refractivity contribution in [3.63, 3.8) is 0 Å². The first-order chi connectivity index (χ1) is 13.3. The number of hydrogen-bond acceptors (Lipinski definition) is 3. The van der Waals surface area contributed by atoms with Crippen molar-refractivity contribution in [1.29, 1.82) is 0 Å². The second-order valence-electron chi connectivity index (χ2n) is 8.14. The molecule has 2 aliphatic carbocycles. The molecule has 1 saturated heterocycles. The van der Waals surface area contributed by atoms with E-state index in [1.54, 1.807) is 5.57 Å². The largest absolute Gasteiger partial charge is 0.379 e. The first-order valence-corrected chi connectivity index (χ1v) is 11.4. The molecule has 3 rings (SSSR count). The predicted molar refractivity (Wildman–Crippen MR) is 117 cm³/mol. The Morgan fingerprint density at radius 3 is 2.85 bits per heavy atom. The molecule has 4 nitrogen and oxygen atoms in total. The van der Waals surface area contributed by atoms with Crippen LogP contribution in [0.5, 0.6) is 0 Å². The molecule has 3 aliphatic rings. The molecule has 0 aromatic rings. The van der Waals surface area contributed by atoms with Crippen LogP contribution in [0.4, 0.5) is 0 Å². The molecular formula is C22H37N3OS. The fraction of sp³-hybridized carbons (Fsp3) is 0.773. The van der Waals surface area contributed by atoms with Crippen molar-refractivity contribution in [3.8, 4) is 0 Å². The maximum atomic E-state index is 5.81. The highest BCUT2D eigenvalue weighted by molar-refractivity contribution is 7.80. The van der Waals surface area contributed by atoms with Gasteiger partial charge in [-0.05, 0) is 69.5 Å². The first kappa shape index (κ1) is 20.8. The lowest BCUT2D eigenvalue weighted by molar-refractivity contribution is 0.0355. The van der Waals surface area contributed by atoms with Crippen LogP contribution in [0.25, 0.3) is 0 Å². The van der Waals surface area contributed by atoms with Crippen LogP contribution in [-0.4, -0.2) is 67.4 Å². The normalized spacial score (nSPS) is 23.7. The predicted octanol–water partition coefficient (Wildman–Crippen LogP) is 3.74. The first-order valence-electron chi connectivity index (χ1n) is 11.0. The Labute approximate surface area is 171 Å². The van der Waals surface area contributed by atoms with Gasteiger partial charge >= 0.3 is 0 Å². The molecule has 152 valence electrons. The zero-order valence-corrected chi connectivity index (χ0v) is 17.7. The summed E-state index contributed by atoms with van der Waals surface area (Å²) in [6.07, 6.45) is 17.2. The van der Waals surface area contributed by atoms with E-state index in [1.165, 1.54) is 44.9 Å². The number of hydrogen-bond donors (Lipinski definition) is 1. The van der Waals surface area contributed by atoms with Crippen LogP contribution in [0, 0.1) is 5.92 Å². The van der Waals surface area contributed by atoms with E-state index in [-0.39, 0.29) is 0 Å². The summed E-state index contributed by atoms with van der Waals surface area (Å²) in [4.78, 5) is 4.94. The van der Waals surface area contributed by atoms with Gasteiger partial charge in [-0.15, -0.1) is 0 Å². The Bertz CT molecular complexity index is 514. The summed E-state index contributed by atoms with van der Waals surface area (Å²) >= 11 is 5.81. The molecule has 0 saturated carbocycles. The van der Waals surface area contributed by atoms with Gasteiger partial charge in [0.15, 0.2) is 5.11 Å². The van der Waals surface area contributed by atoms with Crippen LogP contribution in [0.1, 0.15) is 51.4 Å². The molecule has 5 heteroatoms. The van der Waals surface area contributed by atoms with Crippen molar-refractivity contribution in [2.24, 2.45) is 5.92 Å². The smallest absolute Gasteiger partial charge is 0.168 e. The third-order valence-electron chi connectivity index (χ3n) is 6.04. The van der Waals surface area contributed by atoms with E-state index in [0.717, 1.165) is 69.9 Å². The summed E-state index contributed by atoms with van der Waals surface area (Å²) in [5, 5.41) is 4.52. The maximum Gasteiger partial charge on any atom is 0.168 e. The molecule has 0 aromatic heterocycles. The average molecular weight is 392 g/mol. The minimum atomic E-state index is 0.737. The molecule has 1 aliphatic heterocycles. The number of ether oxygens (including phenoxy) is 1. The Morgan fingerprint density at radius 1 is 1.22 bits per heavy atom. The Hall–Kier alpha value is -0.910. The van der Waals surface area contributed by atoms with Gasteiger partial charge in [-0.25, -0.2) is 0 Å². The van der Waals surface area contributed by atoms with E-state index in [1.807, 2.05) is 0 Å². The Morgan fingerprint density at radius 2 is 2.11 bits per heavy atom. The lowest BCUT2D eigenvalue weighted by Gasteiger charge is -2.34. The van der Waals surface area contributed by atoms with Gasteiger partial charge in [0.25, 0.3) is 0 Å². The minimum Gasteiger partial charge on any atom is -0.379 e. The van der Waals surface area contributed by atoms with Crippen molar-refractivity contribution in [3.05, 3.63) is 23.8 Å². The molecule has 0 amide bonds. The molecule has 0 radical (unpaired) electrons. The zero-order valence-electron chi connectivity index (χ0n) is 16.8. The molecule has 0 spiro atoms. The van der Waals surface area contributed by atoms with Gasteiger partial charge in [0, 0.05) is 39.3 Å². The molecular weight excluding hydrogens is 354 g/mol. The van der Waals surface area contributed by atoms with Crippen LogP contribution in [0.3, 0.4) is 0 Å². The molecule has 0 bridgehead atoms. The van der Waals surface area contributed by atoms with Crippen molar-refractivity contribution >= 4 is 17.3 Å². The molecule has 27 heavy (non-hydrogen) atoms. The molecule has 1 fully saturated rings. The second-order valence-corrected chi connectivity index (χ2v) is 8.53. The van der Waals surface area contributed by atoms with Gasteiger partial charge in [-0.2, -0.15) is 0 Å². The van der Waals surface area contributed by atoms with Crippen LogP contribution in [-0.2, 0) is 4.74 Å². The van der Waals surface area contributed by atoms with Gasteiger partial charge < -0.3 is 15.0 Å². The standard InChI is InChI=1S/C22H37N3OS/c27-22(23-12-11-20-7-3-1-4-8-20)25(19-21-9-5-2-6-10-21)14-13-24-15-17-26-18-16-24/h2,5,7,21H,1,3-4,6,8-19H2,(H,23,27). The van der Waals surface area contributed by atoms with E-state index in [9.17, 15) is 0 Å². The van der Waals surface area contributed by atoms with Gasteiger partial charge in [0.05, 0.1) is 13.2 Å². The minimum absolute atomic E-state index is 0.737. The van der Waals surface area contributed by atoms with Crippen LogP contribution < -0.4 is 5.32 Å². The quantitative estimate of drug-likeness (QED) is 0.503. The zero-order chi connectivity index (χ0) is 18.7. The number of morpholine rings is 1. The van der Waals surface area contributed by atoms with Gasteiger partial charge in [0.1, 0.15) is 0 Å². The van der Waals surface area contributed by atoms with E-state index >= 15 is 0 Å². The highest BCUT2D eigenvalue weighted by Crippen LogP contribution is 2.20. The van der Waals surface area contributed by atoms with Crippen molar-refractivity contribution in [1.82, 2.24) is 15.1 Å². The maximum absolute atomic E-state index is 5.81. The molecule has 1 N–H and O–H groups in total. The monoisotopic (exact) mass is 391 g/mol. The second kappa shape index (κ2) is 11.8. The fourth-order valence-electron chi connectivity index (χ4n) is 4.27.